The van der Waals surface area contributed by atoms with Crippen molar-refractivity contribution in [3.05, 3.63) is 6.20 Å². The van der Waals surface area contributed by atoms with Gasteiger partial charge in [-0.1, -0.05) is 5.21 Å². The van der Waals surface area contributed by atoms with Gasteiger partial charge in [-0.25, -0.2) is 4.68 Å². The normalized spacial score (nSPS) is 9.10. The van der Waals surface area contributed by atoms with Crippen LogP contribution in [0, 0.1) is 11.3 Å². The number of hydrogen-bond acceptors (Lipinski definition) is 4. The number of nitriles is 1. The molecule has 0 aliphatic carbocycles. The molecule has 1 aromatic heterocycles. The van der Waals surface area contributed by atoms with E-state index in [2.05, 4.69) is 10.3 Å². The van der Waals surface area contributed by atoms with Gasteiger partial charge in [0.15, 0.2) is 5.82 Å². The molecule has 10 heavy (non-hydrogen) atoms. The zero-order valence-corrected chi connectivity index (χ0v) is 5.36. The van der Waals surface area contributed by atoms with Gasteiger partial charge in [0.05, 0.1) is 25.2 Å². The van der Waals surface area contributed by atoms with Gasteiger partial charge in [-0.15, -0.1) is 5.10 Å². The minimum absolute atomic E-state index is 0.387. The Bertz CT molecular complexity index is 245. The summed E-state index contributed by atoms with van der Waals surface area (Å²) in [4.78, 5) is 0. The third kappa shape index (κ3) is 1.45. The molecule has 0 atom stereocenters. The van der Waals surface area contributed by atoms with Crippen LogP contribution in [-0.4, -0.2) is 15.0 Å². The van der Waals surface area contributed by atoms with E-state index in [-0.39, 0.29) is 0 Å². The largest absolute Gasteiger partial charge is 0.381 e. The lowest BCUT2D eigenvalue weighted by Gasteiger charge is -1.89. The van der Waals surface area contributed by atoms with E-state index in [1.807, 2.05) is 6.07 Å². The van der Waals surface area contributed by atoms with Crippen LogP contribution in [0.15, 0.2) is 6.20 Å². The molecule has 0 fully saturated rings. The highest BCUT2D eigenvalue weighted by Gasteiger charge is 1.93. The molecular formula is C5H7N5. The van der Waals surface area contributed by atoms with E-state index in [4.69, 9.17) is 11.0 Å². The fraction of sp³-hybridized carbons (Fsp3) is 0.400. The lowest BCUT2D eigenvalue weighted by Crippen LogP contribution is -1.97. The lowest BCUT2D eigenvalue weighted by atomic mass is 10.5. The molecule has 2 N–H and O–H groups in total. The van der Waals surface area contributed by atoms with Gasteiger partial charge in [-0.05, 0) is 0 Å². The van der Waals surface area contributed by atoms with Crippen LogP contribution in [0.25, 0.3) is 0 Å². The van der Waals surface area contributed by atoms with Gasteiger partial charge >= 0.3 is 0 Å². The molecule has 5 heteroatoms. The van der Waals surface area contributed by atoms with Crippen molar-refractivity contribution in [3.63, 3.8) is 0 Å². The van der Waals surface area contributed by atoms with E-state index in [1.54, 1.807) is 10.9 Å². The molecule has 0 aliphatic rings. The van der Waals surface area contributed by atoms with E-state index >= 15 is 0 Å². The molecule has 0 saturated carbocycles. The second-order valence-electron chi connectivity index (χ2n) is 1.81. The number of aromatic nitrogens is 3. The summed E-state index contributed by atoms with van der Waals surface area (Å²) in [7, 11) is 0. The average molecular weight is 137 g/mol. The molecule has 0 unspecified atom stereocenters. The summed E-state index contributed by atoms with van der Waals surface area (Å²) in [5.41, 5.74) is 5.27. The monoisotopic (exact) mass is 137 g/mol. The fourth-order valence-corrected chi connectivity index (χ4v) is 0.587. The van der Waals surface area contributed by atoms with E-state index in [1.165, 1.54) is 0 Å². The second-order valence-corrected chi connectivity index (χ2v) is 1.81. The third-order valence-corrected chi connectivity index (χ3v) is 1.01. The molecule has 0 spiro atoms. The molecule has 0 amide bonds. The van der Waals surface area contributed by atoms with E-state index in [9.17, 15) is 0 Å². The minimum atomic E-state index is 0.387. The number of nitrogens with zero attached hydrogens (tertiary/aromatic N) is 4. The molecule has 1 rings (SSSR count). The number of rotatable bonds is 2. The van der Waals surface area contributed by atoms with Gasteiger partial charge in [-0.3, -0.25) is 0 Å². The molecule has 0 aliphatic heterocycles. The van der Waals surface area contributed by atoms with Gasteiger partial charge in [0.2, 0.25) is 0 Å². The van der Waals surface area contributed by atoms with Crippen molar-refractivity contribution in [2.75, 3.05) is 5.73 Å². The molecule has 1 heterocycles. The van der Waals surface area contributed by atoms with Crippen LogP contribution in [0.2, 0.25) is 0 Å². The molecule has 0 saturated heterocycles. The summed E-state index contributed by atoms with van der Waals surface area (Å²) in [5, 5.41) is 15.4. The molecule has 0 radical (unpaired) electrons. The Morgan fingerprint density at radius 1 is 1.80 bits per heavy atom. The molecule has 5 nitrogen and oxygen atoms in total. The minimum Gasteiger partial charge on any atom is -0.381 e. The quantitative estimate of drug-likeness (QED) is 0.610. The summed E-state index contributed by atoms with van der Waals surface area (Å²) in [6.45, 7) is 0.556. The average Bonchev–Trinajstić information content (AvgIpc) is 2.31. The highest BCUT2D eigenvalue weighted by atomic mass is 15.4. The van der Waals surface area contributed by atoms with Gasteiger partial charge < -0.3 is 5.73 Å². The summed E-state index contributed by atoms with van der Waals surface area (Å²) in [6.07, 6.45) is 2.03. The van der Waals surface area contributed by atoms with Crippen molar-refractivity contribution in [1.29, 1.82) is 5.26 Å². The zero-order valence-electron chi connectivity index (χ0n) is 5.36. The van der Waals surface area contributed by atoms with Crippen molar-refractivity contribution < 1.29 is 0 Å². The molecule has 0 bridgehead atoms. The standard InChI is InChI=1S/C5H7N5/c6-2-1-3-10-4-5(7)8-9-10/h4H,1,3,7H2. The number of hydrogen-bond donors (Lipinski definition) is 1. The Labute approximate surface area is 58.1 Å². The van der Waals surface area contributed by atoms with E-state index in [0.717, 1.165) is 0 Å². The number of anilines is 1. The van der Waals surface area contributed by atoms with Crippen LogP contribution in [0.4, 0.5) is 5.82 Å². The summed E-state index contributed by atoms with van der Waals surface area (Å²) in [5.74, 6) is 0.387. The maximum atomic E-state index is 8.19. The summed E-state index contributed by atoms with van der Waals surface area (Å²) >= 11 is 0. The zero-order chi connectivity index (χ0) is 7.40. The summed E-state index contributed by atoms with van der Waals surface area (Å²) in [6, 6.07) is 2.00. The fourth-order valence-electron chi connectivity index (χ4n) is 0.587. The van der Waals surface area contributed by atoms with Crippen LogP contribution >= 0.6 is 0 Å². The van der Waals surface area contributed by atoms with Gasteiger partial charge in [0.25, 0.3) is 0 Å². The Hall–Kier alpha value is -1.57. The van der Waals surface area contributed by atoms with Crippen LogP contribution in [0.1, 0.15) is 6.42 Å². The maximum Gasteiger partial charge on any atom is 0.165 e. The molecule has 0 aromatic carbocycles. The van der Waals surface area contributed by atoms with E-state index in [0.29, 0.717) is 18.8 Å². The predicted molar refractivity (Wildman–Crippen MR) is 34.7 cm³/mol. The van der Waals surface area contributed by atoms with E-state index < -0.39 is 0 Å². The first-order chi connectivity index (χ1) is 4.83. The lowest BCUT2D eigenvalue weighted by molar-refractivity contribution is 0.600. The highest BCUT2D eigenvalue weighted by molar-refractivity contribution is 5.19. The second kappa shape index (κ2) is 2.82. The Morgan fingerprint density at radius 2 is 2.60 bits per heavy atom. The van der Waals surface area contributed by atoms with Crippen LogP contribution < -0.4 is 5.73 Å². The third-order valence-electron chi connectivity index (χ3n) is 1.01. The first-order valence-electron chi connectivity index (χ1n) is 2.85. The van der Waals surface area contributed by atoms with Crippen molar-refractivity contribution in [1.82, 2.24) is 15.0 Å². The number of nitrogens with two attached hydrogens (primary N) is 1. The first-order valence-corrected chi connectivity index (χ1v) is 2.85. The van der Waals surface area contributed by atoms with Crippen molar-refractivity contribution in [2.24, 2.45) is 0 Å². The van der Waals surface area contributed by atoms with Crippen LogP contribution in [0.3, 0.4) is 0 Å². The molecule has 1 aromatic rings. The Balaban J connectivity index is 2.52. The smallest absolute Gasteiger partial charge is 0.165 e. The molecule has 52 valence electrons. The van der Waals surface area contributed by atoms with Crippen LogP contribution in [-0.2, 0) is 6.54 Å². The Kier molecular flexibility index (Phi) is 1.85. The topological polar surface area (TPSA) is 80.5 Å². The SMILES string of the molecule is N#CCCn1cc(N)nn1. The van der Waals surface area contributed by atoms with Gasteiger partial charge in [0, 0.05) is 0 Å². The van der Waals surface area contributed by atoms with Crippen molar-refractivity contribution in [3.8, 4) is 6.07 Å². The van der Waals surface area contributed by atoms with Crippen LogP contribution in [0.5, 0.6) is 0 Å². The first kappa shape index (κ1) is 6.55. The summed E-state index contributed by atoms with van der Waals surface area (Å²) < 4.78 is 1.54. The number of nitrogen functional groups attached to an aromatic ring is 1. The number of aryl methyl sites for hydroxylation is 1. The van der Waals surface area contributed by atoms with Crippen molar-refractivity contribution in [2.45, 2.75) is 13.0 Å². The molecular weight excluding hydrogens is 130 g/mol. The maximum absolute atomic E-state index is 8.19. The van der Waals surface area contributed by atoms with Gasteiger partial charge in [-0.2, -0.15) is 5.26 Å². The highest BCUT2D eigenvalue weighted by Crippen LogP contribution is 1.92. The predicted octanol–water partition coefficient (Wildman–Crippen LogP) is -0.226. The Morgan fingerprint density at radius 3 is 3.10 bits per heavy atom. The van der Waals surface area contributed by atoms with Crippen molar-refractivity contribution >= 4 is 5.82 Å². The van der Waals surface area contributed by atoms with Gasteiger partial charge in [0.1, 0.15) is 0 Å².